The zero-order chi connectivity index (χ0) is 21.1. The van der Waals surface area contributed by atoms with Gasteiger partial charge in [0.15, 0.2) is 5.96 Å². The Bertz CT molecular complexity index is 678. The van der Waals surface area contributed by atoms with Gasteiger partial charge in [0.05, 0.1) is 26.3 Å². The lowest BCUT2D eigenvalue weighted by Gasteiger charge is -2.39. The summed E-state index contributed by atoms with van der Waals surface area (Å²) in [5.74, 6) is 1.40. The molecule has 1 amide bonds. The summed E-state index contributed by atoms with van der Waals surface area (Å²) in [7, 11) is 0. The Hall–Kier alpha value is -1.59. The number of aliphatic imine (C=N–C) groups is 1. The number of nitrogens with zero attached hydrogens (tertiary/aromatic N) is 2. The van der Waals surface area contributed by atoms with Gasteiger partial charge in [-0.1, -0.05) is 6.07 Å². The van der Waals surface area contributed by atoms with Crippen LogP contribution < -0.4 is 20.7 Å². The minimum absolute atomic E-state index is 0. The second-order valence-electron chi connectivity index (χ2n) is 7.59. The molecule has 0 radical (unpaired) electrons. The van der Waals surface area contributed by atoms with Crippen molar-refractivity contribution in [1.82, 2.24) is 15.5 Å². The molecule has 1 heterocycles. The molecule has 3 N–H and O–H groups in total. The molecule has 1 aromatic rings. The van der Waals surface area contributed by atoms with Crippen LogP contribution in [0, 0.1) is 0 Å². The molecule has 0 aliphatic carbocycles. The largest absolute Gasteiger partial charge is 0.492 e. The number of nitrogens with one attached hydrogen (secondary N) is 3. The highest BCUT2D eigenvalue weighted by molar-refractivity contribution is 14.0. The summed E-state index contributed by atoms with van der Waals surface area (Å²) in [5, 5.41) is 9.35. The van der Waals surface area contributed by atoms with Crippen molar-refractivity contribution in [2.45, 2.75) is 33.2 Å². The standard InChI is InChI=1S/C21H35N5O3.HI/c1-5-22-20(24-16-21(3,4)26-10-13-28-14-11-26)23-9-12-29-19-8-6-7-18(15-19)25-17(2)27;/h6-8,15H,5,9-14,16H2,1-4H3,(H,25,27)(H2,22,23,24);1H. The molecule has 30 heavy (non-hydrogen) atoms. The van der Waals surface area contributed by atoms with Crippen molar-refractivity contribution in [1.29, 1.82) is 0 Å². The molecule has 0 saturated carbocycles. The number of hydrogen-bond donors (Lipinski definition) is 3. The van der Waals surface area contributed by atoms with E-state index in [9.17, 15) is 4.79 Å². The van der Waals surface area contributed by atoms with Crippen LogP contribution in [0.1, 0.15) is 27.7 Å². The topological polar surface area (TPSA) is 87.2 Å². The Morgan fingerprint density at radius 1 is 1.27 bits per heavy atom. The molecule has 0 spiro atoms. The molecule has 1 aliphatic heterocycles. The second kappa shape index (κ2) is 13.7. The second-order valence-corrected chi connectivity index (χ2v) is 7.59. The number of morpholine rings is 1. The molecular weight excluding hydrogens is 497 g/mol. The average Bonchev–Trinajstić information content (AvgIpc) is 2.70. The average molecular weight is 533 g/mol. The monoisotopic (exact) mass is 533 g/mol. The van der Waals surface area contributed by atoms with Crippen molar-refractivity contribution >= 4 is 41.5 Å². The maximum Gasteiger partial charge on any atom is 0.221 e. The molecule has 1 aromatic carbocycles. The van der Waals surface area contributed by atoms with Crippen LogP contribution in [0.25, 0.3) is 0 Å². The van der Waals surface area contributed by atoms with Gasteiger partial charge < -0.3 is 25.4 Å². The Morgan fingerprint density at radius 3 is 2.67 bits per heavy atom. The summed E-state index contributed by atoms with van der Waals surface area (Å²) in [6, 6.07) is 7.37. The highest BCUT2D eigenvalue weighted by Gasteiger charge is 2.28. The normalized spacial score (nSPS) is 15.1. The fourth-order valence-corrected chi connectivity index (χ4v) is 3.09. The van der Waals surface area contributed by atoms with Crippen LogP contribution in [0.5, 0.6) is 5.75 Å². The van der Waals surface area contributed by atoms with E-state index >= 15 is 0 Å². The van der Waals surface area contributed by atoms with Crippen LogP contribution in [0.4, 0.5) is 5.69 Å². The van der Waals surface area contributed by atoms with Crippen molar-refractivity contribution in [3.8, 4) is 5.75 Å². The van der Waals surface area contributed by atoms with Gasteiger partial charge >= 0.3 is 0 Å². The predicted molar refractivity (Wildman–Crippen MR) is 132 cm³/mol. The highest BCUT2D eigenvalue weighted by Crippen LogP contribution is 2.17. The van der Waals surface area contributed by atoms with Crippen LogP contribution in [-0.2, 0) is 9.53 Å². The first-order chi connectivity index (χ1) is 13.9. The number of guanidine groups is 1. The first kappa shape index (κ1) is 26.4. The number of amides is 1. The van der Waals surface area contributed by atoms with E-state index in [2.05, 4.69) is 34.7 Å². The number of anilines is 1. The van der Waals surface area contributed by atoms with Gasteiger partial charge in [-0.15, -0.1) is 24.0 Å². The number of hydrogen-bond acceptors (Lipinski definition) is 5. The van der Waals surface area contributed by atoms with E-state index < -0.39 is 0 Å². The molecule has 1 fully saturated rings. The molecule has 1 aliphatic rings. The third kappa shape index (κ3) is 9.48. The van der Waals surface area contributed by atoms with E-state index in [-0.39, 0.29) is 35.4 Å². The van der Waals surface area contributed by atoms with Gasteiger partial charge in [-0.3, -0.25) is 14.7 Å². The SMILES string of the molecule is CCNC(=NCC(C)(C)N1CCOCC1)NCCOc1cccc(NC(C)=O)c1.I. The molecule has 0 aromatic heterocycles. The van der Waals surface area contributed by atoms with Crippen LogP contribution in [0.15, 0.2) is 29.3 Å². The van der Waals surface area contributed by atoms with Crippen LogP contribution in [-0.4, -0.2) is 74.8 Å². The molecule has 9 heteroatoms. The van der Waals surface area contributed by atoms with Crippen molar-refractivity contribution in [3.05, 3.63) is 24.3 Å². The predicted octanol–water partition coefficient (Wildman–Crippen LogP) is 2.31. The van der Waals surface area contributed by atoms with E-state index in [1.807, 2.05) is 31.2 Å². The summed E-state index contributed by atoms with van der Waals surface area (Å²) < 4.78 is 11.2. The van der Waals surface area contributed by atoms with Crippen molar-refractivity contribution in [3.63, 3.8) is 0 Å². The fraction of sp³-hybridized carbons (Fsp3) is 0.619. The summed E-state index contributed by atoms with van der Waals surface area (Å²) in [5.41, 5.74) is 0.704. The number of rotatable bonds is 9. The summed E-state index contributed by atoms with van der Waals surface area (Å²) >= 11 is 0. The Balaban J connectivity index is 0.00000450. The maximum absolute atomic E-state index is 11.2. The van der Waals surface area contributed by atoms with Gasteiger partial charge in [-0.2, -0.15) is 0 Å². The molecule has 1 saturated heterocycles. The van der Waals surface area contributed by atoms with Crippen molar-refractivity contribution in [2.75, 3.05) is 57.9 Å². The Labute approximate surface area is 197 Å². The van der Waals surface area contributed by atoms with E-state index in [1.165, 1.54) is 6.92 Å². The Morgan fingerprint density at radius 2 is 2.00 bits per heavy atom. The molecular formula is C21H36IN5O3. The smallest absolute Gasteiger partial charge is 0.221 e. The number of ether oxygens (including phenoxy) is 2. The maximum atomic E-state index is 11.2. The zero-order valence-corrected chi connectivity index (χ0v) is 20.8. The third-order valence-electron chi connectivity index (χ3n) is 4.65. The molecule has 2 rings (SSSR count). The summed E-state index contributed by atoms with van der Waals surface area (Å²) in [6.07, 6.45) is 0. The van der Waals surface area contributed by atoms with Crippen LogP contribution in [0.3, 0.4) is 0 Å². The van der Waals surface area contributed by atoms with E-state index in [0.29, 0.717) is 25.4 Å². The number of carbonyl (C=O) groups is 1. The van der Waals surface area contributed by atoms with Gasteiger partial charge in [-0.05, 0) is 32.9 Å². The quantitative estimate of drug-likeness (QED) is 0.196. The van der Waals surface area contributed by atoms with E-state index in [0.717, 1.165) is 44.5 Å². The van der Waals surface area contributed by atoms with Crippen LogP contribution >= 0.6 is 24.0 Å². The lowest BCUT2D eigenvalue weighted by molar-refractivity contribution is -0.114. The third-order valence-corrected chi connectivity index (χ3v) is 4.65. The zero-order valence-electron chi connectivity index (χ0n) is 18.5. The summed E-state index contributed by atoms with van der Waals surface area (Å²) in [6.45, 7) is 14.0. The van der Waals surface area contributed by atoms with Crippen molar-refractivity contribution < 1.29 is 14.3 Å². The fourth-order valence-electron chi connectivity index (χ4n) is 3.09. The first-order valence-electron chi connectivity index (χ1n) is 10.3. The lowest BCUT2D eigenvalue weighted by Crippen LogP contribution is -2.52. The van der Waals surface area contributed by atoms with E-state index in [4.69, 9.17) is 14.5 Å². The minimum Gasteiger partial charge on any atom is -0.492 e. The van der Waals surface area contributed by atoms with Crippen molar-refractivity contribution in [2.24, 2.45) is 4.99 Å². The highest BCUT2D eigenvalue weighted by atomic mass is 127. The van der Waals surface area contributed by atoms with Gasteiger partial charge in [0, 0.05) is 43.9 Å². The first-order valence-corrected chi connectivity index (χ1v) is 10.3. The lowest BCUT2D eigenvalue weighted by atomic mass is 10.0. The Kier molecular flexibility index (Phi) is 12.0. The van der Waals surface area contributed by atoms with Gasteiger partial charge in [-0.25, -0.2) is 0 Å². The van der Waals surface area contributed by atoms with E-state index in [1.54, 1.807) is 0 Å². The van der Waals surface area contributed by atoms with Gasteiger partial charge in [0.2, 0.25) is 5.91 Å². The molecule has 8 nitrogen and oxygen atoms in total. The number of halogens is 1. The summed E-state index contributed by atoms with van der Waals surface area (Å²) in [4.78, 5) is 18.3. The molecule has 0 bridgehead atoms. The molecule has 0 unspecified atom stereocenters. The molecule has 0 atom stereocenters. The number of carbonyl (C=O) groups excluding carboxylic acids is 1. The number of benzene rings is 1. The van der Waals surface area contributed by atoms with Crippen LogP contribution in [0.2, 0.25) is 0 Å². The van der Waals surface area contributed by atoms with Gasteiger partial charge in [0.1, 0.15) is 12.4 Å². The molecule has 170 valence electrons. The minimum atomic E-state index is -0.102. The van der Waals surface area contributed by atoms with Gasteiger partial charge in [0.25, 0.3) is 0 Å².